The molecule has 0 aromatic heterocycles. The van der Waals surface area contributed by atoms with Crippen LogP contribution in [0.5, 0.6) is 0 Å². The predicted molar refractivity (Wildman–Crippen MR) is 73.0 cm³/mol. The van der Waals surface area contributed by atoms with E-state index in [0.29, 0.717) is 13.2 Å². The lowest BCUT2D eigenvalue weighted by Crippen LogP contribution is -2.49. The molecule has 0 radical (unpaired) electrons. The lowest BCUT2D eigenvalue weighted by Gasteiger charge is -2.24. The van der Waals surface area contributed by atoms with Crippen molar-refractivity contribution in [3.63, 3.8) is 0 Å². The fourth-order valence-electron chi connectivity index (χ4n) is 3.01. The van der Waals surface area contributed by atoms with E-state index in [1.165, 1.54) is 0 Å². The van der Waals surface area contributed by atoms with Gasteiger partial charge in [-0.3, -0.25) is 4.79 Å². The summed E-state index contributed by atoms with van der Waals surface area (Å²) in [6.07, 6.45) is 4.43. The van der Waals surface area contributed by atoms with Gasteiger partial charge in [0.1, 0.15) is 0 Å². The van der Waals surface area contributed by atoms with Crippen molar-refractivity contribution in [2.45, 2.75) is 50.8 Å². The van der Waals surface area contributed by atoms with Gasteiger partial charge in [0.2, 0.25) is 5.91 Å². The summed E-state index contributed by atoms with van der Waals surface area (Å²) in [5.41, 5.74) is 0. The van der Waals surface area contributed by atoms with Gasteiger partial charge in [-0.15, -0.1) is 0 Å². The van der Waals surface area contributed by atoms with Crippen LogP contribution < -0.4 is 10.6 Å². The smallest absolute Gasteiger partial charge is 0.227 e. The van der Waals surface area contributed by atoms with Crippen LogP contribution in [0.4, 0.5) is 0 Å². The standard InChI is InChI=1S/C14H26N2O3/c1-3-7-15-12-9-19-8-10(12)14(17)16-11-5-4-6-13(11)18-2/h10-13,15H,3-9H2,1-2H3,(H,16,17). The molecule has 0 spiro atoms. The monoisotopic (exact) mass is 270 g/mol. The van der Waals surface area contributed by atoms with Crippen LogP contribution in [-0.4, -0.2) is 51.0 Å². The highest BCUT2D eigenvalue weighted by Gasteiger charge is 2.36. The second-order valence-electron chi connectivity index (χ2n) is 5.52. The Labute approximate surface area is 115 Å². The Morgan fingerprint density at radius 1 is 1.32 bits per heavy atom. The Morgan fingerprint density at radius 2 is 2.16 bits per heavy atom. The SMILES string of the molecule is CCCNC1COCC1C(=O)NC1CCCC1OC. The molecule has 5 nitrogen and oxygen atoms in total. The summed E-state index contributed by atoms with van der Waals surface area (Å²) in [5, 5.41) is 6.54. The van der Waals surface area contributed by atoms with Gasteiger partial charge < -0.3 is 20.1 Å². The summed E-state index contributed by atoms with van der Waals surface area (Å²) in [6.45, 7) is 4.22. The van der Waals surface area contributed by atoms with E-state index >= 15 is 0 Å². The summed E-state index contributed by atoms with van der Waals surface area (Å²) in [6, 6.07) is 0.326. The van der Waals surface area contributed by atoms with Crippen molar-refractivity contribution in [3.05, 3.63) is 0 Å². The molecule has 4 atom stereocenters. The molecule has 2 fully saturated rings. The number of carbonyl (C=O) groups is 1. The number of amides is 1. The van der Waals surface area contributed by atoms with Crippen LogP contribution in [0.15, 0.2) is 0 Å². The van der Waals surface area contributed by atoms with Crippen molar-refractivity contribution in [2.24, 2.45) is 5.92 Å². The van der Waals surface area contributed by atoms with E-state index in [-0.39, 0.29) is 30.0 Å². The molecule has 1 saturated heterocycles. The minimum atomic E-state index is -0.0651. The van der Waals surface area contributed by atoms with Gasteiger partial charge >= 0.3 is 0 Å². The molecular formula is C14H26N2O3. The average molecular weight is 270 g/mol. The number of methoxy groups -OCH3 is 1. The van der Waals surface area contributed by atoms with Crippen LogP contribution in [0, 0.1) is 5.92 Å². The zero-order valence-electron chi connectivity index (χ0n) is 12.0. The number of hydrogen-bond donors (Lipinski definition) is 2. The zero-order chi connectivity index (χ0) is 13.7. The van der Waals surface area contributed by atoms with Gasteiger partial charge in [0.25, 0.3) is 0 Å². The molecule has 0 bridgehead atoms. The molecule has 1 heterocycles. The van der Waals surface area contributed by atoms with Crippen molar-refractivity contribution in [1.29, 1.82) is 0 Å². The maximum atomic E-state index is 12.3. The summed E-state index contributed by atoms with van der Waals surface area (Å²) in [4.78, 5) is 12.3. The molecule has 5 heteroatoms. The van der Waals surface area contributed by atoms with E-state index in [4.69, 9.17) is 9.47 Å². The molecule has 19 heavy (non-hydrogen) atoms. The highest BCUT2D eigenvalue weighted by atomic mass is 16.5. The first-order chi connectivity index (χ1) is 9.26. The molecule has 1 saturated carbocycles. The first-order valence-electron chi connectivity index (χ1n) is 7.40. The summed E-state index contributed by atoms with van der Waals surface area (Å²) in [7, 11) is 1.72. The normalized spacial score (nSPS) is 34.6. The van der Waals surface area contributed by atoms with Crippen LogP contribution in [0.1, 0.15) is 32.6 Å². The van der Waals surface area contributed by atoms with Crippen molar-refractivity contribution in [3.8, 4) is 0 Å². The van der Waals surface area contributed by atoms with E-state index in [1.54, 1.807) is 7.11 Å². The van der Waals surface area contributed by atoms with Crippen LogP contribution >= 0.6 is 0 Å². The summed E-state index contributed by atoms with van der Waals surface area (Å²) >= 11 is 0. The average Bonchev–Trinajstić information content (AvgIpc) is 3.04. The number of rotatable bonds is 6. The molecule has 0 aromatic carbocycles. The highest BCUT2D eigenvalue weighted by Crippen LogP contribution is 2.23. The van der Waals surface area contributed by atoms with Crippen LogP contribution in [0.2, 0.25) is 0 Å². The molecular weight excluding hydrogens is 244 g/mol. The van der Waals surface area contributed by atoms with E-state index in [1.807, 2.05) is 0 Å². The minimum Gasteiger partial charge on any atom is -0.379 e. The first-order valence-corrected chi connectivity index (χ1v) is 7.40. The maximum absolute atomic E-state index is 12.3. The highest BCUT2D eigenvalue weighted by molar-refractivity contribution is 5.80. The van der Waals surface area contributed by atoms with Gasteiger partial charge in [0.15, 0.2) is 0 Å². The van der Waals surface area contributed by atoms with Crippen molar-refractivity contribution < 1.29 is 14.3 Å². The topological polar surface area (TPSA) is 59.6 Å². The fourth-order valence-corrected chi connectivity index (χ4v) is 3.01. The second-order valence-corrected chi connectivity index (χ2v) is 5.52. The van der Waals surface area contributed by atoms with Gasteiger partial charge in [0, 0.05) is 13.2 Å². The molecule has 1 amide bonds. The summed E-state index contributed by atoms with van der Waals surface area (Å²) in [5.74, 6) is 0.0460. The second kappa shape index (κ2) is 7.22. The Kier molecular flexibility index (Phi) is 5.60. The van der Waals surface area contributed by atoms with Gasteiger partial charge in [-0.2, -0.15) is 0 Å². The Morgan fingerprint density at radius 3 is 2.89 bits per heavy atom. The molecule has 110 valence electrons. The fraction of sp³-hybridized carbons (Fsp3) is 0.929. The number of nitrogens with one attached hydrogen (secondary N) is 2. The number of ether oxygens (including phenoxy) is 2. The van der Waals surface area contributed by atoms with Gasteiger partial charge in [-0.25, -0.2) is 0 Å². The van der Waals surface area contributed by atoms with E-state index in [0.717, 1.165) is 32.2 Å². The first kappa shape index (κ1) is 14.8. The molecule has 2 rings (SSSR count). The lowest BCUT2D eigenvalue weighted by molar-refractivity contribution is -0.127. The van der Waals surface area contributed by atoms with Crippen molar-refractivity contribution in [1.82, 2.24) is 10.6 Å². The number of hydrogen-bond acceptors (Lipinski definition) is 4. The van der Waals surface area contributed by atoms with Crippen molar-refractivity contribution >= 4 is 5.91 Å². The molecule has 4 unspecified atom stereocenters. The quantitative estimate of drug-likeness (QED) is 0.745. The van der Waals surface area contributed by atoms with E-state index in [9.17, 15) is 4.79 Å². The van der Waals surface area contributed by atoms with Crippen LogP contribution in [0.25, 0.3) is 0 Å². The number of carbonyl (C=O) groups excluding carboxylic acids is 1. The lowest BCUT2D eigenvalue weighted by atomic mass is 10.0. The Bertz CT molecular complexity index is 298. The Balaban J connectivity index is 1.84. The van der Waals surface area contributed by atoms with Gasteiger partial charge in [-0.1, -0.05) is 6.92 Å². The molecule has 2 N–H and O–H groups in total. The molecule has 1 aliphatic carbocycles. The van der Waals surface area contributed by atoms with Crippen LogP contribution in [-0.2, 0) is 14.3 Å². The van der Waals surface area contributed by atoms with E-state index in [2.05, 4.69) is 17.6 Å². The van der Waals surface area contributed by atoms with Gasteiger partial charge in [0.05, 0.1) is 31.3 Å². The van der Waals surface area contributed by atoms with Crippen LogP contribution in [0.3, 0.4) is 0 Å². The third kappa shape index (κ3) is 3.68. The largest absolute Gasteiger partial charge is 0.379 e. The minimum absolute atomic E-state index is 0.0651. The summed E-state index contributed by atoms with van der Waals surface area (Å²) < 4.78 is 10.9. The molecule has 0 aromatic rings. The Hall–Kier alpha value is -0.650. The predicted octanol–water partition coefficient (Wildman–Crippen LogP) is 0.685. The molecule has 1 aliphatic heterocycles. The van der Waals surface area contributed by atoms with Gasteiger partial charge in [-0.05, 0) is 32.2 Å². The molecule has 2 aliphatic rings. The third-order valence-corrected chi connectivity index (χ3v) is 4.16. The van der Waals surface area contributed by atoms with Crippen molar-refractivity contribution in [2.75, 3.05) is 26.9 Å². The third-order valence-electron chi connectivity index (χ3n) is 4.16. The zero-order valence-corrected chi connectivity index (χ0v) is 12.0. The van der Waals surface area contributed by atoms with E-state index < -0.39 is 0 Å². The maximum Gasteiger partial charge on any atom is 0.227 e.